The molecule has 0 saturated heterocycles. The van der Waals surface area contributed by atoms with Crippen molar-refractivity contribution in [1.82, 2.24) is 0 Å². The number of pyridine rings is 1. The van der Waals surface area contributed by atoms with Gasteiger partial charge in [0.1, 0.15) is 7.05 Å². The molecule has 0 saturated carbocycles. The van der Waals surface area contributed by atoms with Crippen molar-refractivity contribution in [3.05, 3.63) is 66.2 Å². The number of nitrogens with zero attached hydrogens (tertiary/aromatic N) is 1. The van der Waals surface area contributed by atoms with Crippen molar-refractivity contribution in [3.63, 3.8) is 0 Å². The van der Waals surface area contributed by atoms with Gasteiger partial charge < -0.3 is 0 Å². The minimum absolute atomic E-state index is 0.370. The van der Waals surface area contributed by atoms with Gasteiger partial charge in [0, 0.05) is 27.2 Å². The summed E-state index contributed by atoms with van der Waals surface area (Å²) in [5.41, 5.74) is 3.59. The molecule has 0 aliphatic carbocycles. The monoisotopic (exact) mass is 237 g/mol. The van der Waals surface area contributed by atoms with E-state index in [1.807, 2.05) is 31.3 Å². The van der Waals surface area contributed by atoms with Crippen LogP contribution in [0.4, 0.5) is 0 Å². The molecule has 3 aromatic rings. The third kappa shape index (κ3) is 1.78. The number of fused-ring (bicyclic) bond motifs is 1. The Balaban J connectivity index is 2.10. The number of hydrogen-bond acceptors (Lipinski definition) is 0. The highest BCUT2D eigenvalue weighted by Gasteiger charge is 2.12. The Kier molecular flexibility index (Phi) is 1.90. The van der Waals surface area contributed by atoms with Crippen molar-refractivity contribution in [1.29, 1.82) is 0 Å². The third-order valence-electron chi connectivity index (χ3n) is 3.26. The van der Waals surface area contributed by atoms with Crippen molar-refractivity contribution < 1.29 is 8.68 Å². The highest BCUT2D eigenvalue weighted by Crippen LogP contribution is 2.19. The molecule has 0 amide bonds. The Hall–Kier alpha value is -2.15. The largest absolute Gasteiger partial charge is 0.212 e. The van der Waals surface area contributed by atoms with Crippen LogP contribution in [0, 0.1) is 6.85 Å². The fourth-order valence-electron chi connectivity index (χ4n) is 2.28. The smallest absolute Gasteiger partial charge is 0.194 e. The van der Waals surface area contributed by atoms with Crippen LogP contribution >= 0.6 is 0 Å². The van der Waals surface area contributed by atoms with E-state index in [9.17, 15) is 0 Å². The highest BCUT2D eigenvalue weighted by atomic mass is 14.9. The summed E-state index contributed by atoms with van der Waals surface area (Å²) in [5, 5.41) is 1.18. The summed E-state index contributed by atoms with van der Waals surface area (Å²) in [6, 6.07) is 19.4. The van der Waals surface area contributed by atoms with Gasteiger partial charge in [0.2, 0.25) is 11.2 Å². The molecule has 0 aliphatic heterocycles. The summed E-state index contributed by atoms with van der Waals surface area (Å²) in [5.74, 6) is 0. The molecule has 0 N–H and O–H groups in total. The van der Waals surface area contributed by atoms with Crippen LogP contribution in [0.3, 0.4) is 0 Å². The summed E-state index contributed by atoms with van der Waals surface area (Å²) in [7, 11) is 2.02. The summed E-state index contributed by atoms with van der Waals surface area (Å²) in [6.45, 7) is -2.05. The second-order valence-electron chi connectivity index (χ2n) is 4.41. The maximum absolute atomic E-state index is 7.43. The Morgan fingerprint density at radius 2 is 1.67 bits per heavy atom. The van der Waals surface area contributed by atoms with Crippen LogP contribution in [0.15, 0.2) is 60.7 Å². The molecule has 0 aliphatic rings. The summed E-state index contributed by atoms with van der Waals surface area (Å²) < 4.78 is 24.4. The van der Waals surface area contributed by atoms with Crippen LogP contribution in [0.1, 0.15) is 9.68 Å². The number of benzene rings is 2. The quantitative estimate of drug-likeness (QED) is 0.569. The molecule has 3 rings (SSSR count). The maximum Gasteiger partial charge on any atom is 0.212 e. The highest BCUT2D eigenvalue weighted by molar-refractivity contribution is 5.77. The fourth-order valence-corrected chi connectivity index (χ4v) is 2.28. The predicted octanol–water partition coefficient (Wildman–Crippen LogP) is 3.64. The second-order valence-corrected chi connectivity index (χ2v) is 4.41. The topological polar surface area (TPSA) is 3.88 Å². The molecule has 1 heterocycles. The molecule has 1 heteroatoms. The van der Waals surface area contributed by atoms with Gasteiger partial charge in [-0.05, 0) is 31.1 Å². The van der Waals surface area contributed by atoms with Crippen molar-refractivity contribution in [3.8, 4) is 11.3 Å². The van der Waals surface area contributed by atoms with Crippen LogP contribution < -0.4 is 4.57 Å². The molecule has 1 aromatic heterocycles. The minimum atomic E-state index is -2.05. The van der Waals surface area contributed by atoms with Gasteiger partial charge >= 0.3 is 0 Å². The molecule has 0 atom stereocenters. The van der Waals surface area contributed by atoms with E-state index < -0.39 is 6.85 Å². The normalized spacial score (nSPS) is 13.9. The lowest BCUT2D eigenvalue weighted by molar-refractivity contribution is -0.633. The van der Waals surface area contributed by atoms with E-state index in [0.717, 1.165) is 16.8 Å². The van der Waals surface area contributed by atoms with Gasteiger partial charge in [-0.15, -0.1) is 0 Å². The summed E-state index contributed by atoms with van der Waals surface area (Å²) in [6.07, 6.45) is 0. The summed E-state index contributed by atoms with van der Waals surface area (Å²) in [4.78, 5) is 0. The van der Waals surface area contributed by atoms with Gasteiger partial charge in [0.15, 0.2) is 0 Å². The lowest BCUT2D eigenvalue weighted by atomic mass is 10.1. The van der Waals surface area contributed by atoms with Crippen molar-refractivity contribution >= 4 is 10.9 Å². The van der Waals surface area contributed by atoms with Crippen LogP contribution in [-0.2, 0) is 7.05 Å². The molecular formula is C17H16N+. The van der Waals surface area contributed by atoms with Crippen molar-refractivity contribution in [2.45, 2.75) is 6.85 Å². The lowest BCUT2D eigenvalue weighted by Crippen LogP contribution is -2.31. The minimum Gasteiger partial charge on any atom is -0.194 e. The van der Waals surface area contributed by atoms with E-state index in [-0.39, 0.29) is 0 Å². The maximum atomic E-state index is 7.43. The zero-order valence-electron chi connectivity index (χ0n) is 13.2. The first-order valence-corrected chi connectivity index (χ1v) is 5.95. The van der Waals surface area contributed by atoms with Crippen LogP contribution in [0.5, 0.6) is 0 Å². The molecule has 0 spiro atoms. The Morgan fingerprint density at radius 1 is 0.889 bits per heavy atom. The Labute approximate surface area is 112 Å². The lowest BCUT2D eigenvalue weighted by Gasteiger charge is -2.03. The molecule has 0 fully saturated rings. The zero-order chi connectivity index (χ0) is 15.0. The number of aryl methyl sites for hydroxylation is 2. The average Bonchev–Trinajstić information content (AvgIpc) is 2.47. The van der Waals surface area contributed by atoms with Crippen LogP contribution in [-0.4, -0.2) is 0 Å². The van der Waals surface area contributed by atoms with E-state index in [1.165, 1.54) is 5.39 Å². The third-order valence-corrected chi connectivity index (χ3v) is 3.26. The van der Waals surface area contributed by atoms with E-state index in [2.05, 4.69) is 28.8 Å². The van der Waals surface area contributed by atoms with E-state index in [0.29, 0.717) is 5.56 Å². The molecule has 18 heavy (non-hydrogen) atoms. The Bertz CT molecular complexity index is 789. The predicted molar refractivity (Wildman–Crippen MR) is 75.3 cm³/mol. The van der Waals surface area contributed by atoms with Crippen molar-refractivity contribution in [2.24, 2.45) is 7.05 Å². The van der Waals surface area contributed by atoms with E-state index in [4.69, 9.17) is 4.11 Å². The molecule has 0 radical (unpaired) electrons. The number of hydrogen-bond donors (Lipinski definition) is 0. The van der Waals surface area contributed by atoms with Crippen LogP contribution in [0.25, 0.3) is 22.2 Å². The molecule has 88 valence electrons. The van der Waals surface area contributed by atoms with E-state index >= 15 is 0 Å². The van der Waals surface area contributed by atoms with Gasteiger partial charge in [-0.3, -0.25) is 0 Å². The zero-order valence-corrected chi connectivity index (χ0v) is 10.2. The van der Waals surface area contributed by atoms with Crippen LogP contribution in [0.2, 0.25) is 0 Å². The Morgan fingerprint density at radius 3 is 2.44 bits per heavy atom. The van der Waals surface area contributed by atoms with Gasteiger partial charge in [-0.2, -0.15) is 4.57 Å². The summed E-state index contributed by atoms with van der Waals surface area (Å²) >= 11 is 0. The number of aromatic nitrogens is 1. The van der Waals surface area contributed by atoms with E-state index in [1.54, 1.807) is 12.1 Å². The van der Waals surface area contributed by atoms with Gasteiger partial charge in [0.05, 0.1) is 0 Å². The average molecular weight is 237 g/mol. The first-order chi connectivity index (χ1) is 9.97. The first kappa shape index (κ1) is 8.04. The SMILES string of the molecule is [2H]C([2H])([2H])c1ccc(-c2ccc3ccccc3[n+]2C)cc1. The molecule has 0 bridgehead atoms. The number of rotatable bonds is 1. The van der Waals surface area contributed by atoms with Gasteiger partial charge in [-0.1, -0.05) is 29.8 Å². The molecule has 1 nitrogen and oxygen atoms in total. The standard InChI is InChI=1S/C17H16N/c1-13-7-9-15(10-8-13)17-12-11-14-5-3-4-6-16(14)18(17)2/h3-12H,1-2H3/q+1/i1D3. The fraction of sp³-hybridized carbons (Fsp3) is 0.118. The second kappa shape index (κ2) is 4.26. The first-order valence-electron chi connectivity index (χ1n) is 7.45. The van der Waals surface area contributed by atoms with Gasteiger partial charge in [-0.25, -0.2) is 0 Å². The molecule has 0 unspecified atom stereocenters. The van der Waals surface area contributed by atoms with Crippen molar-refractivity contribution in [2.75, 3.05) is 0 Å². The molecular weight excluding hydrogens is 218 g/mol. The van der Waals surface area contributed by atoms with Gasteiger partial charge in [0.25, 0.3) is 0 Å². The molecule has 2 aromatic carbocycles. The number of para-hydroxylation sites is 1.